The maximum atomic E-state index is 14.0. The second-order valence-corrected chi connectivity index (χ2v) is 8.87. The Morgan fingerprint density at radius 1 is 1.25 bits per heavy atom. The summed E-state index contributed by atoms with van der Waals surface area (Å²) in [6.07, 6.45) is -0.129. The lowest BCUT2D eigenvalue weighted by atomic mass is 10.1. The van der Waals surface area contributed by atoms with E-state index in [1.807, 2.05) is 6.92 Å². The van der Waals surface area contributed by atoms with Crippen molar-refractivity contribution in [2.24, 2.45) is 0 Å². The first kappa shape index (κ1) is 22.1. The Labute approximate surface area is 168 Å². The van der Waals surface area contributed by atoms with Crippen LogP contribution < -0.4 is 5.32 Å². The minimum atomic E-state index is -3.46. The van der Waals surface area contributed by atoms with Crippen molar-refractivity contribution >= 4 is 38.8 Å². The van der Waals surface area contributed by atoms with Crippen LogP contribution in [0, 0.1) is 12.7 Å². The zero-order valence-electron chi connectivity index (χ0n) is 15.2. The van der Waals surface area contributed by atoms with Crippen LogP contribution in [0.25, 0.3) is 0 Å². The van der Waals surface area contributed by atoms with Gasteiger partial charge in [-0.05, 0) is 30.7 Å². The number of anilines is 2. The normalized spacial score (nSPS) is 11.3. The van der Waals surface area contributed by atoms with Crippen LogP contribution in [-0.2, 0) is 25.8 Å². The van der Waals surface area contributed by atoms with Crippen LogP contribution in [0.5, 0.6) is 0 Å². The monoisotopic (exact) mass is 429 g/mol. The number of sulfone groups is 1. The van der Waals surface area contributed by atoms with E-state index in [1.165, 1.54) is 12.1 Å². The molecular formula is C19H21ClFNO5S. The standard InChI is InChI=1S/C19H21ClFNO5S/c1-13-5-6-17(22-19-15(20)3-2-4-16(19)21)14(11-13)12-18(24)27-8-10-28(25,26)9-7-23/h2-6,11,22-23H,7-10,12H2,1H3. The fourth-order valence-electron chi connectivity index (χ4n) is 2.47. The summed E-state index contributed by atoms with van der Waals surface area (Å²) in [6.45, 7) is 1.07. The number of aliphatic hydroxyl groups is 1. The molecule has 0 radical (unpaired) electrons. The number of hydrogen-bond acceptors (Lipinski definition) is 6. The Morgan fingerprint density at radius 3 is 2.68 bits per heavy atom. The molecule has 9 heteroatoms. The molecule has 0 spiro atoms. The Bertz CT molecular complexity index is 929. The number of halogens is 2. The zero-order chi connectivity index (χ0) is 20.7. The van der Waals surface area contributed by atoms with Crippen LogP contribution in [0.3, 0.4) is 0 Å². The third-order valence-electron chi connectivity index (χ3n) is 3.88. The van der Waals surface area contributed by atoms with Crippen LogP contribution in [-0.4, -0.2) is 44.2 Å². The second kappa shape index (κ2) is 9.86. The van der Waals surface area contributed by atoms with E-state index in [0.29, 0.717) is 11.3 Å². The van der Waals surface area contributed by atoms with Crippen LogP contribution >= 0.6 is 11.6 Å². The van der Waals surface area contributed by atoms with Gasteiger partial charge in [-0.1, -0.05) is 35.4 Å². The lowest BCUT2D eigenvalue weighted by molar-refractivity contribution is -0.142. The molecule has 2 rings (SSSR count). The second-order valence-electron chi connectivity index (χ2n) is 6.15. The molecule has 0 aliphatic carbocycles. The first-order chi connectivity index (χ1) is 13.2. The molecule has 0 saturated carbocycles. The van der Waals surface area contributed by atoms with E-state index in [2.05, 4.69) is 5.32 Å². The van der Waals surface area contributed by atoms with Crippen LogP contribution in [0.2, 0.25) is 5.02 Å². The Hall–Kier alpha value is -2.16. The summed E-state index contributed by atoms with van der Waals surface area (Å²) >= 11 is 6.04. The molecule has 152 valence electrons. The lowest BCUT2D eigenvalue weighted by Crippen LogP contribution is -2.20. The van der Waals surface area contributed by atoms with Crippen molar-refractivity contribution in [2.75, 3.05) is 30.0 Å². The SMILES string of the molecule is Cc1ccc(Nc2c(F)cccc2Cl)c(CC(=O)OCCS(=O)(=O)CCO)c1. The molecule has 0 fully saturated rings. The molecule has 6 nitrogen and oxygen atoms in total. The number of nitrogens with one attached hydrogen (secondary N) is 1. The van der Waals surface area contributed by atoms with Gasteiger partial charge in [0.2, 0.25) is 0 Å². The molecule has 0 bridgehead atoms. The largest absolute Gasteiger partial charge is 0.464 e. The van der Waals surface area contributed by atoms with Gasteiger partial charge < -0.3 is 15.2 Å². The maximum absolute atomic E-state index is 14.0. The fourth-order valence-corrected chi connectivity index (χ4v) is 3.50. The minimum absolute atomic E-state index is 0.0951. The number of aliphatic hydroxyl groups excluding tert-OH is 1. The zero-order valence-corrected chi connectivity index (χ0v) is 16.8. The highest BCUT2D eigenvalue weighted by Gasteiger charge is 2.15. The molecule has 0 heterocycles. The van der Waals surface area contributed by atoms with Gasteiger partial charge in [-0.25, -0.2) is 12.8 Å². The number of rotatable bonds is 9. The molecule has 0 aliphatic heterocycles. The van der Waals surface area contributed by atoms with Crippen LogP contribution in [0.15, 0.2) is 36.4 Å². The van der Waals surface area contributed by atoms with Gasteiger partial charge in [0.25, 0.3) is 0 Å². The number of para-hydroxylation sites is 1. The van der Waals surface area contributed by atoms with E-state index in [-0.39, 0.29) is 35.2 Å². The van der Waals surface area contributed by atoms with Gasteiger partial charge in [-0.2, -0.15) is 0 Å². The van der Waals surface area contributed by atoms with E-state index in [9.17, 15) is 17.6 Å². The van der Waals surface area contributed by atoms with Crippen molar-refractivity contribution in [3.8, 4) is 0 Å². The van der Waals surface area contributed by atoms with Gasteiger partial charge >= 0.3 is 5.97 Å². The minimum Gasteiger partial charge on any atom is -0.464 e. The van der Waals surface area contributed by atoms with Gasteiger partial charge in [-0.15, -0.1) is 0 Å². The third-order valence-corrected chi connectivity index (χ3v) is 5.79. The molecule has 0 unspecified atom stereocenters. The van der Waals surface area contributed by atoms with E-state index < -0.39 is 28.2 Å². The fraction of sp³-hybridized carbons (Fsp3) is 0.316. The molecule has 0 saturated heterocycles. The summed E-state index contributed by atoms with van der Waals surface area (Å²) in [5.41, 5.74) is 2.03. The highest BCUT2D eigenvalue weighted by molar-refractivity contribution is 7.91. The number of carbonyl (C=O) groups excluding carboxylic acids is 1. The first-order valence-corrected chi connectivity index (χ1v) is 10.7. The van der Waals surface area contributed by atoms with E-state index in [0.717, 1.165) is 5.56 Å². The summed E-state index contributed by atoms with van der Waals surface area (Å²) in [7, 11) is -3.46. The Kier molecular flexibility index (Phi) is 7.79. The van der Waals surface area contributed by atoms with Gasteiger partial charge in [0, 0.05) is 5.69 Å². The molecule has 0 amide bonds. The number of ether oxygens (including phenoxy) is 1. The van der Waals surface area contributed by atoms with E-state index in [4.69, 9.17) is 21.4 Å². The van der Waals surface area contributed by atoms with Crippen molar-refractivity contribution in [3.63, 3.8) is 0 Å². The van der Waals surface area contributed by atoms with Crippen molar-refractivity contribution in [3.05, 3.63) is 58.4 Å². The summed E-state index contributed by atoms with van der Waals surface area (Å²) in [5, 5.41) is 11.8. The Balaban J connectivity index is 2.09. The molecule has 28 heavy (non-hydrogen) atoms. The molecule has 0 aliphatic rings. The summed E-state index contributed by atoms with van der Waals surface area (Å²) in [4.78, 5) is 12.1. The number of esters is 1. The number of benzene rings is 2. The lowest BCUT2D eigenvalue weighted by Gasteiger charge is -2.14. The smallest absolute Gasteiger partial charge is 0.310 e. The summed E-state index contributed by atoms with van der Waals surface area (Å²) in [6, 6.07) is 9.55. The van der Waals surface area contributed by atoms with Crippen molar-refractivity contribution < 1.29 is 27.4 Å². The quantitative estimate of drug-likeness (QED) is 0.595. The van der Waals surface area contributed by atoms with Crippen LogP contribution in [0.1, 0.15) is 11.1 Å². The Morgan fingerprint density at radius 2 is 2.00 bits per heavy atom. The molecule has 2 N–H and O–H groups in total. The molecular weight excluding hydrogens is 409 g/mol. The van der Waals surface area contributed by atoms with E-state index in [1.54, 1.807) is 24.3 Å². The third kappa shape index (κ3) is 6.47. The number of carbonyl (C=O) groups is 1. The van der Waals surface area contributed by atoms with Crippen molar-refractivity contribution in [1.82, 2.24) is 0 Å². The number of hydrogen-bond donors (Lipinski definition) is 2. The molecule has 2 aromatic carbocycles. The predicted octanol–water partition coefficient (Wildman–Crippen LogP) is 3.02. The highest BCUT2D eigenvalue weighted by Crippen LogP contribution is 2.30. The summed E-state index contributed by atoms with van der Waals surface area (Å²) in [5.74, 6) is -1.88. The van der Waals surface area contributed by atoms with Gasteiger partial charge in [0.1, 0.15) is 12.4 Å². The summed E-state index contributed by atoms with van der Waals surface area (Å²) < 4.78 is 42.1. The van der Waals surface area contributed by atoms with Gasteiger partial charge in [-0.3, -0.25) is 4.79 Å². The molecule has 0 aromatic heterocycles. The van der Waals surface area contributed by atoms with Crippen molar-refractivity contribution in [2.45, 2.75) is 13.3 Å². The average molecular weight is 430 g/mol. The predicted molar refractivity (Wildman–Crippen MR) is 106 cm³/mol. The molecule has 2 aromatic rings. The maximum Gasteiger partial charge on any atom is 0.310 e. The topological polar surface area (TPSA) is 92.7 Å². The number of aryl methyl sites for hydroxylation is 1. The van der Waals surface area contributed by atoms with Crippen molar-refractivity contribution in [1.29, 1.82) is 0 Å². The highest BCUT2D eigenvalue weighted by atomic mass is 35.5. The first-order valence-electron chi connectivity index (χ1n) is 8.49. The van der Waals surface area contributed by atoms with Crippen LogP contribution in [0.4, 0.5) is 15.8 Å². The molecule has 0 atom stereocenters. The van der Waals surface area contributed by atoms with Gasteiger partial charge in [0.05, 0.1) is 35.2 Å². The average Bonchev–Trinajstić information content (AvgIpc) is 2.59. The van der Waals surface area contributed by atoms with Gasteiger partial charge in [0.15, 0.2) is 9.84 Å². The van der Waals surface area contributed by atoms with E-state index >= 15 is 0 Å².